The smallest absolute Gasteiger partial charge is 0.243 e. The van der Waals surface area contributed by atoms with Crippen molar-refractivity contribution < 1.29 is 14.1 Å². The van der Waals surface area contributed by atoms with Crippen molar-refractivity contribution >= 4 is 11.8 Å². The molecule has 3 aliphatic heterocycles. The number of likely N-dealkylation sites (N-methyl/N-ethyl adjacent to an activating group) is 1. The molecule has 34 heavy (non-hydrogen) atoms. The van der Waals surface area contributed by atoms with Crippen molar-refractivity contribution in [2.45, 2.75) is 95.8 Å². The highest BCUT2D eigenvalue weighted by Crippen LogP contribution is 2.34. The normalized spacial score (nSPS) is 28.4. The largest absolute Gasteiger partial charge is 0.361 e. The number of nitrogens with zero attached hydrogens (tertiary/aromatic N) is 4. The van der Waals surface area contributed by atoms with Crippen molar-refractivity contribution in [3.63, 3.8) is 0 Å². The van der Waals surface area contributed by atoms with Crippen molar-refractivity contribution in [2.24, 2.45) is 5.92 Å². The van der Waals surface area contributed by atoms with E-state index in [0.29, 0.717) is 13.0 Å². The van der Waals surface area contributed by atoms with Gasteiger partial charge in [-0.3, -0.25) is 14.5 Å². The van der Waals surface area contributed by atoms with Crippen LogP contribution in [0.1, 0.15) is 74.8 Å². The Bertz CT molecular complexity index is 853. The van der Waals surface area contributed by atoms with Gasteiger partial charge >= 0.3 is 0 Å². The molecule has 0 radical (unpaired) electrons. The summed E-state index contributed by atoms with van der Waals surface area (Å²) in [6.45, 7) is 8.24. The second-order valence-corrected chi connectivity index (χ2v) is 11.4. The summed E-state index contributed by atoms with van der Waals surface area (Å²) in [6.07, 6.45) is 9.49. The number of aromatic nitrogens is 1. The maximum absolute atomic E-state index is 13.4. The molecule has 5 rings (SSSR count). The summed E-state index contributed by atoms with van der Waals surface area (Å²) in [6, 6.07) is -0.0291. The molecule has 2 amide bonds. The molecule has 3 saturated heterocycles. The van der Waals surface area contributed by atoms with Gasteiger partial charge in [0.25, 0.3) is 0 Å². The Labute approximate surface area is 203 Å². The van der Waals surface area contributed by atoms with E-state index in [2.05, 4.69) is 27.3 Å². The van der Waals surface area contributed by atoms with Crippen LogP contribution >= 0.6 is 0 Å². The van der Waals surface area contributed by atoms with Gasteiger partial charge in [-0.2, -0.15) is 0 Å². The van der Waals surface area contributed by atoms with Gasteiger partial charge in [0.05, 0.1) is 17.7 Å². The van der Waals surface area contributed by atoms with E-state index in [-0.39, 0.29) is 23.9 Å². The Morgan fingerprint density at radius 1 is 1.15 bits per heavy atom. The fraction of sp³-hybridized carbons (Fsp3) is 0.808. The van der Waals surface area contributed by atoms with E-state index >= 15 is 0 Å². The molecule has 4 heterocycles. The van der Waals surface area contributed by atoms with Gasteiger partial charge in [0.15, 0.2) is 0 Å². The molecule has 188 valence electrons. The van der Waals surface area contributed by atoms with Crippen LogP contribution in [0.15, 0.2) is 4.52 Å². The molecule has 0 aromatic carbocycles. The lowest BCUT2D eigenvalue weighted by atomic mass is 9.83. The van der Waals surface area contributed by atoms with E-state index in [9.17, 15) is 9.59 Å². The molecule has 4 aliphatic rings. The van der Waals surface area contributed by atoms with Crippen molar-refractivity contribution in [1.29, 1.82) is 0 Å². The summed E-state index contributed by atoms with van der Waals surface area (Å²) in [7, 11) is 2.18. The summed E-state index contributed by atoms with van der Waals surface area (Å²) in [5.74, 6) is 1.84. The van der Waals surface area contributed by atoms with E-state index in [1.807, 2.05) is 18.7 Å². The zero-order chi connectivity index (χ0) is 23.9. The molecule has 1 aliphatic carbocycles. The van der Waals surface area contributed by atoms with Crippen LogP contribution in [0.4, 0.5) is 0 Å². The number of nitrogens with one attached hydrogen (secondary N) is 1. The molecule has 4 fully saturated rings. The SMILES string of the molecule is Cc1noc(C)c1CN1CCC2(CC1)CC(=O)N1C[C@@H](N(C)CC3CCCCC3)C[C@H]1C(=O)N2. The van der Waals surface area contributed by atoms with Gasteiger partial charge in [-0.05, 0) is 58.9 Å². The third kappa shape index (κ3) is 4.76. The molecule has 0 bridgehead atoms. The topological polar surface area (TPSA) is 81.9 Å². The molecule has 1 spiro atoms. The van der Waals surface area contributed by atoms with Crippen molar-refractivity contribution in [2.75, 3.05) is 33.2 Å². The second kappa shape index (κ2) is 9.61. The van der Waals surface area contributed by atoms with E-state index < -0.39 is 5.54 Å². The average Bonchev–Trinajstić information content (AvgIpc) is 3.39. The van der Waals surface area contributed by atoms with Gasteiger partial charge in [-0.15, -0.1) is 0 Å². The summed E-state index contributed by atoms with van der Waals surface area (Å²) >= 11 is 0. The lowest BCUT2D eigenvalue weighted by molar-refractivity contribution is -0.135. The van der Waals surface area contributed by atoms with Crippen molar-refractivity contribution in [1.82, 2.24) is 25.2 Å². The molecular formula is C26H41N5O3. The highest BCUT2D eigenvalue weighted by Gasteiger charge is 2.49. The third-order valence-corrected chi connectivity index (χ3v) is 9.05. The number of hydrogen-bond donors (Lipinski definition) is 1. The van der Waals surface area contributed by atoms with E-state index in [1.165, 1.54) is 32.1 Å². The number of likely N-dealkylation sites (tertiary alicyclic amines) is 1. The Hall–Kier alpha value is -1.93. The Balaban J connectivity index is 1.18. The highest BCUT2D eigenvalue weighted by molar-refractivity contribution is 5.92. The van der Waals surface area contributed by atoms with Gasteiger partial charge in [0.2, 0.25) is 11.8 Å². The zero-order valence-corrected chi connectivity index (χ0v) is 21.1. The molecule has 1 aromatic rings. The summed E-state index contributed by atoms with van der Waals surface area (Å²) in [5.41, 5.74) is 1.69. The quantitative estimate of drug-likeness (QED) is 0.711. The fourth-order valence-electron chi connectivity index (χ4n) is 6.76. The third-order valence-electron chi connectivity index (χ3n) is 9.05. The van der Waals surface area contributed by atoms with Crippen LogP contribution in [0, 0.1) is 19.8 Å². The molecular weight excluding hydrogens is 430 g/mol. The predicted octanol–water partition coefficient (Wildman–Crippen LogP) is 2.63. The van der Waals surface area contributed by atoms with Crippen LogP contribution in [0.2, 0.25) is 0 Å². The lowest BCUT2D eigenvalue weighted by Gasteiger charge is -2.41. The number of fused-ring (bicyclic) bond motifs is 1. The Morgan fingerprint density at radius 2 is 1.88 bits per heavy atom. The van der Waals surface area contributed by atoms with Crippen LogP contribution in [0.5, 0.6) is 0 Å². The molecule has 8 nitrogen and oxygen atoms in total. The fourth-order valence-corrected chi connectivity index (χ4v) is 6.76. The van der Waals surface area contributed by atoms with Crippen molar-refractivity contribution in [3.05, 3.63) is 17.0 Å². The van der Waals surface area contributed by atoms with Gasteiger partial charge < -0.3 is 19.6 Å². The first-order valence-corrected chi connectivity index (χ1v) is 13.3. The number of piperidine rings is 1. The number of amides is 2. The maximum Gasteiger partial charge on any atom is 0.243 e. The number of aryl methyl sites for hydroxylation is 2. The van der Waals surface area contributed by atoms with Crippen LogP contribution in [-0.4, -0.2) is 82.5 Å². The Morgan fingerprint density at radius 3 is 2.56 bits per heavy atom. The van der Waals surface area contributed by atoms with Crippen LogP contribution in [0.25, 0.3) is 0 Å². The van der Waals surface area contributed by atoms with E-state index in [4.69, 9.17) is 4.52 Å². The second-order valence-electron chi connectivity index (χ2n) is 11.4. The zero-order valence-electron chi connectivity index (χ0n) is 21.1. The molecule has 8 heteroatoms. The van der Waals surface area contributed by atoms with E-state index in [0.717, 1.165) is 68.4 Å². The first-order chi connectivity index (χ1) is 16.3. The van der Waals surface area contributed by atoms with Gasteiger partial charge in [0.1, 0.15) is 11.8 Å². The first-order valence-electron chi connectivity index (χ1n) is 13.3. The number of hydrogen-bond acceptors (Lipinski definition) is 6. The van der Waals surface area contributed by atoms with Gasteiger partial charge in [-0.1, -0.05) is 24.4 Å². The van der Waals surface area contributed by atoms with Crippen LogP contribution in [-0.2, 0) is 16.1 Å². The maximum atomic E-state index is 13.4. The van der Waals surface area contributed by atoms with Gasteiger partial charge in [-0.25, -0.2) is 0 Å². The number of carbonyl (C=O) groups is 2. The first kappa shape index (κ1) is 23.8. The molecule has 1 aromatic heterocycles. The van der Waals surface area contributed by atoms with E-state index in [1.54, 1.807) is 0 Å². The minimum absolute atomic E-state index is 0.0542. The number of carbonyl (C=O) groups excluding carboxylic acids is 2. The highest BCUT2D eigenvalue weighted by atomic mass is 16.5. The minimum atomic E-state index is -0.406. The van der Waals surface area contributed by atoms with Gasteiger partial charge in [0, 0.05) is 44.3 Å². The minimum Gasteiger partial charge on any atom is -0.361 e. The molecule has 0 unspecified atom stereocenters. The standard InChI is InChI=1S/C26H41N5O3/c1-18-22(19(2)34-28-18)17-30-11-9-26(10-12-30)14-24(32)31-16-21(13-23(31)25(33)27-26)29(3)15-20-7-5-4-6-8-20/h20-21,23H,4-17H2,1-3H3,(H,27,33)/t21-,23-/m0/s1. The summed E-state index contributed by atoms with van der Waals surface area (Å²) < 4.78 is 5.31. The van der Waals surface area contributed by atoms with Crippen molar-refractivity contribution in [3.8, 4) is 0 Å². The summed E-state index contributed by atoms with van der Waals surface area (Å²) in [4.78, 5) is 33.4. The monoisotopic (exact) mass is 471 g/mol. The van der Waals surface area contributed by atoms with Crippen LogP contribution in [0.3, 0.4) is 0 Å². The molecule has 1 saturated carbocycles. The average molecular weight is 472 g/mol. The lowest BCUT2D eigenvalue weighted by Crippen LogP contribution is -2.56. The number of rotatable bonds is 5. The van der Waals surface area contributed by atoms with Crippen LogP contribution < -0.4 is 5.32 Å². The molecule has 2 atom stereocenters. The summed E-state index contributed by atoms with van der Waals surface area (Å²) in [5, 5.41) is 7.43. The predicted molar refractivity (Wildman–Crippen MR) is 129 cm³/mol. The Kier molecular flexibility index (Phi) is 6.73. The molecule has 1 N–H and O–H groups in total.